The fraction of sp³-hybridized carbons (Fsp3) is 0.625. The highest BCUT2D eigenvalue weighted by Crippen LogP contribution is 2.44. The predicted octanol–water partition coefficient (Wildman–Crippen LogP) is 5.04. The van der Waals surface area contributed by atoms with Gasteiger partial charge in [0, 0.05) is 11.1 Å². The van der Waals surface area contributed by atoms with Crippen LogP contribution in [0.25, 0.3) is 0 Å². The Kier molecular flexibility index (Phi) is 4.03. The van der Waals surface area contributed by atoms with Crippen molar-refractivity contribution in [2.45, 2.75) is 58.4 Å². The lowest BCUT2D eigenvalue weighted by molar-refractivity contribution is 0.224. The Morgan fingerprint density at radius 3 is 2.39 bits per heavy atom. The number of benzene rings is 1. The fourth-order valence-electron chi connectivity index (χ4n) is 2.87. The van der Waals surface area contributed by atoms with Crippen molar-refractivity contribution in [3.63, 3.8) is 0 Å². The molecule has 1 atom stereocenters. The van der Waals surface area contributed by atoms with E-state index < -0.39 is 0 Å². The number of nitrogens with two attached hydrogens (primary N) is 1. The fourth-order valence-corrected chi connectivity index (χ4v) is 3.21. The van der Waals surface area contributed by atoms with Gasteiger partial charge >= 0.3 is 0 Å². The van der Waals surface area contributed by atoms with Gasteiger partial charge in [0.15, 0.2) is 0 Å². The molecule has 100 valence electrons. The van der Waals surface area contributed by atoms with Crippen LogP contribution in [0.1, 0.15) is 69.5 Å². The SMILES string of the molecule is CC(N)c1ccc(C2CCC(C)(C)CC2)c(Cl)c1. The van der Waals surface area contributed by atoms with Crippen LogP contribution in [0.4, 0.5) is 0 Å². The Morgan fingerprint density at radius 2 is 1.89 bits per heavy atom. The van der Waals surface area contributed by atoms with Gasteiger partial charge in [0.25, 0.3) is 0 Å². The normalized spacial score (nSPS) is 21.8. The molecule has 2 N–H and O–H groups in total. The predicted molar refractivity (Wildman–Crippen MR) is 79.0 cm³/mol. The summed E-state index contributed by atoms with van der Waals surface area (Å²) in [7, 11) is 0. The molecule has 1 fully saturated rings. The van der Waals surface area contributed by atoms with Gasteiger partial charge in [-0.1, -0.05) is 37.6 Å². The molecule has 0 amide bonds. The Bertz CT molecular complexity index is 413. The highest BCUT2D eigenvalue weighted by molar-refractivity contribution is 6.31. The van der Waals surface area contributed by atoms with Crippen LogP contribution in [0.15, 0.2) is 18.2 Å². The van der Waals surface area contributed by atoms with E-state index in [1.54, 1.807) is 0 Å². The second kappa shape index (κ2) is 5.22. The van der Waals surface area contributed by atoms with Crippen molar-refractivity contribution in [1.82, 2.24) is 0 Å². The average molecular weight is 266 g/mol. The summed E-state index contributed by atoms with van der Waals surface area (Å²) >= 11 is 6.42. The Labute approximate surface area is 116 Å². The lowest BCUT2D eigenvalue weighted by Gasteiger charge is -2.34. The smallest absolute Gasteiger partial charge is 0.0444 e. The van der Waals surface area contributed by atoms with Crippen molar-refractivity contribution in [2.24, 2.45) is 11.1 Å². The Morgan fingerprint density at radius 1 is 1.28 bits per heavy atom. The van der Waals surface area contributed by atoms with Gasteiger partial charge in [-0.2, -0.15) is 0 Å². The second-order valence-corrected chi connectivity index (χ2v) is 6.92. The number of hydrogen-bond donors (Lipinski definition) is 1. The molecule has 1 aromatic rings. The minimum atomic E-state index is 0.0573. The maximum Gasteiger partial charge on any atom is 0.0444 e. The van der Waals surface area contributed by atoms with Crippen LogP contribution in [0.2, 0.25) is 5.02 Å². The molecule has 0 saturated heterocycles. The summed E-state index contributed by atoms with van der Waals surface area (Å²) in [6.07, 6.45) is 5.10. The average Bonchev–Trinajstić information content (AvgIpc) is 2.29. The molecule has 2 heteroatoms. The van der Waals surface area contributed by atoms with Crippen LogP contribution in [-0.2, 0) is 0 Å². The van der Waals surface area contributed by atoms with Crippen LogP contribution >= 0.6 is 11.6 Å². The molecule has 0 radical (unpaired) electrons. The quantitative estimate of drug-likeness (QED) is 0.796. The van der Waals surface area contributed by atoms with Crippen LogP contribution in [0, 0.1) is 5.41 Å². The van der Waals surface area contributed by atoms with Crippen molar-refractivity contribution in [3.8, 4) is 0 Å². The molecule has 1 aliphatic carbocycles. The molecule has 1 aromatic carbocycles. The summed E-state index contributed by atoms with van der Waals surface area (Å²) < 4.78 is 0. The van der Waals surface area contributed by atoms with Crippen LogP contribution in [0.5, 0.6) is 0 Å². The molecule has 0 aliphatic heterocycles. The molecule has 0 spiro atoms. The van der Waals surface area contributed by atoms with Crippen LogP contribution in [-0.4, -0.2) is 0 Å². The summed E-state index contributed by atoms with van der Waals surface area (Å²) in [5.74, 6) is 0.632. The third-order valence-electron chi connectivity index (χ3n) is 4.33. The molecule has 0 aromatic heterocycles. The van der Waals surface area contributed by atoms with Crippen LogP contribution < -0.4 is 5.73 Å². The summed E-state index contributed by atoms with van der Waals surface area (Å²) in [6, 6.07) is 6.42. The van der Waals surface area contributed by atoms with E-state index in [1.165, 1.54) is 31.2 Å². The minimum absolute atomic E-state index is 0.0573. The van der Waals surface area contributed by atoms with Crippen molar-refractivity contribution in [1.29, 1.82) is 0 Å². The van der Waals surface area contributed by atoms with E-state index in [0.717, 1.165) is 10.6 Å². The molecule has 1 nitrogen and oxygen atoms in total. The third kappa shape index (κ3) is 3.07. The zero-order chi connectivity index (χ0) is 13.3. The highest BCUT2D eigenvalue weighted by Gasteiger charge is 2.28. The first kappa shape index (κ1) is 13.9. The highest BCUT2D eigenvalue weighted by atomic mass is 35.5. The second-order valence-electron chi connectivity index (χ2n) is 6.51. The van der Waals surface area contributed by atoms with E-state index in [2.05, 4.69) is 26.0 Å². The first-order chi connectivity index (χ1) is 8.39. The lowest BCUT2D eigenvalue weighted by Crippen LogP contribution is -2.20. The van der Waals surface area contributed by atoms with Crippen molar-refractivity contribution in [2.75, 3.05) is 0 Å². The molecule has 2 rings (SSSR count). The monoisotopic (exact) mass is 265 g/mol. The summed E-state index contributed by atoms with van der Waals surface area (Å²) in [5.41, 5.74) is 8.84. The van der Waals surface area contributed by atoms with Gasteiger partial charge in [-0.3, -0.25) is 0 Å². The van der Waals surface area contributed by atoms with E-state index in [1.807, 2.05) is 13.0 Å². The van der Waals surface area contributed by atoms with Gasteiger partial charge in [-0.05, 0) is 61.1 Å². The van der Waals surface area contributed by atoms with E-state index >= 15 is 0 Å². The maximum atomic E-state index is 6.42. The number of hydrogen-bond acceptors (Lipinski definition) is 1. The first-order valence-corrected chi connectivity index (χ1v) is 7.32. The number of rotatable bonds is 2. The molecule has 1 unspecified atom stereocenters. The van der Waals surface area contributed by atoms with Crippen molar-refractivity contribution >= 4 is 11.6 Å². The first-order valence-electron chi connectivity index (χ1n) is 6.94. The van der Waals surface area contributed by atoms with Gasteiger partial charge in [0.2, 0.25) is 0 Å². The zero-order valence-corrected chi connectivity index (χ0v) is 12.4. The molecule has 0 heterocycles. The van der Waals surface area contributed by atoms with E-state index in [0.29, 0.717) is 11.3 Å². The molecular formula is C16H24ClN. The zero-order valence-electron chi connectivity index (χ0n) is 11.7. The largest absolute Gasteiger partial charge is 0.324 e. The Balaban J connectivity index is 2.15. The molecule has 1 saturated carbocycles. The van der Waals surface area contributed by atoms with Gasteiger partial charge in [0.1, 0.15) is 0 Å². The lowest BCUT2D eigenvalue weighted by atomic mass is 9.71. The van der Waals surface area contributed by atoms with Crippen molar-refractivity contribution < 1.29 is 0 Å². The minimum Gasteiger partial charge on any atom is -0.324 e. The van der Waals surface area contributed by atoms with E-state index in [-0.39, 0.29) is 6.04 Å². The Hall–Kier alpha value is -0.530. The molecule has 18 heavy (non-hydrogen) atoms. The summed E-state index contributed by atoms with van der Waals surface area (Å²) in [4.78, 5) is 0. The maximum absolute atomic E-state index is 6.42. The van der Waals surface area contributed by atoms with Gasteiger partial charge in [-0.15, -0.1) is 0 Å². The molecule has 1 aliphatic rings. The van der Waals surface area contributed by atoms with Gasteiger partial charge < -0.3 is 5.73 Å². The van der Waals surface area contributed by atoms with E-state index in [4.69, 9.17) is 17.3 Å². The molecular weight excluding hydrogens is 242 g/mol. The van der Waals surface area contributed by atoms with Gasteiger partial charge in [-0.25, -0.2) is 0 Å². The van der Waals surface area contributed by atoms with Crippen molar-refractivity contribution in [3.05, 3.63) is 34.3 Å². The standard InChI is InChI=1S/C16H24ClN/c1-11(18)13-4-5-14(15(17)10-13)12-6-8-16(2,3)9-7-12/h4-5,10-12H,6-9,18H2,1-3H3. The summed E-state index contributed by atoms with van der Waals surface area (Å²) in [5, 5.41) is 0.898. The van der Waals surface area contributed by atoms with E-state index in [9.17, 15) is 0 Å². The molecule has 0 bridgehead atoms. The van der Waals surface area contributed by atoms with Gasteiger partial charge in [0.05, 0.1) is 0 Å². The summed E-state index contributed by atoms with van der Waals surface area (Å²) in [6.45, 7) is 6.72. The number of halogens is 1. The topological polar surface area (TPSA) is 26.0 Å². The third-order valence-corrected chi connectivity index (χ3v) is 4.66. The van der Waals surface area contributed by atoms with Crippen LogP contribution in [0.3, 0.4) is 0 Å².